The summed E-state index contributed by atoms with van der Waals surface area (Å²) in [7, 11) is 0. The van der Waals surface area contributed by atoms with Crippen molar-refractivity contribution in [2.24, 2.45) is 0 Å². The Morgan fingerprint density at radius 3 is 2.60 bits per heavy atom. The van der Waals surface area contributed by atoms with Gasteiger partial charge < -0.3 is 4.84 Å². The molecule has 0 aliphatic rings. The van der Waals surface area contributed by atoms with Crippen LogP contribution in [0.3, 0.4) is 0 Å². The minimum absolute atomic E-state index is 0.226. The van der Waals surface area contributed by atoms with Crippen LogP contribution >= 0.6 is 0 Å². The summed E-state index contributed by atoms with van der Waals surface area (Å²) in [5, 5.41) is 0. The Morgan fingerprint density at radius 1 is 1.50 bits per heavy atom. The molecule has 0 N–H and O–H groups in total. The number of hydrogen-bond donors (Lipinski definition) is 0. The third kappa shape index (κ3) is 1.62. The van der Waals surface area contributed by atoms with Gasteiger partial charge in [0, 0.05) is 18.8 Å². The molecule has 0 amide bonds. The van der Waals surface area contributed by atoms with Crippen molar-refractivity contribution in [2.75, 3.05) is 0 Å². The summed E-state index contributed by atoms with van der Waals surface area (Å²) in [6.07, 6.45) is 3.75. The lowest BCUT2D eigenvalue weighted by Gasteiger charge is -1.99. The number of carbonyl (C=O) groups excluding carboxylic acids is 1. The number of nitrogens with zero attached hydrogens (tertiary/aromatic N) is 1. The zero-order chi connectivity index (χ0) is 7.40. The summed E-state index contributed by atoms with van der Waals surface area (Å²) in [6, 6.07) is 3.59. The number of rotatable bonds is 2. The summed E-state index contributed by atoms with van der Waals surface area (Å²) < 4.78 is 1.38. The van der Waals surface area contributed by atoms with Gasteiger partial charge in [-0.25, -0.2) is 4.79 Å². The van der Waals surface area contributed by atoms with E-state index in [0.29, 0.717) is 6.42 Å². The van der Waals surface area contributed by atoms with Crippen LogP contribution in [0.2, 0.25) is 0 Å². The normalized spacial score (nSPS) is 9.30. The van der Waals surface area contributed by atoms with Crippen molar-refractivity contribution in [1.82, 2.24) is 4.73 Å². The largest absolute Gasteiger partial charge is 0.337 e. The van der Waals surface area contributed by atoms with E-state index >= 15 is 0 Å². The molecule has 0 saturated carbocycles. The van der Waals surface area contributed by atoms with Gasteiger partial charge in [0.05, 0.1) is 0 Å². The van der Waals surface area contributed by atoms with Gasteiger partial charge in [-0.05, 0) is 12.1 Å². The van der Waals surface area contributed by atoms with Gasteiger partial charge in [-0.1, -0.05) is 6.92 Å². The molecule has 3 nitrogen and oxygen atoms in total. The Hall–Kier alpha value is -1.25. The van der Waals surface area contributed by atoms with E-state index < -0.39 is 0 Å². The van der Waals surface area contributed by atoms with Crippen LogP contribution in [0.25, 0.3) is 0 Å². The predicted octanol–water partition coefficient (Wildman–Crippen LogP) is 0.853. The second-order valence-corrected chi connectivity index (χ2v) is 1.86. The molecular weight excluding hydrogens is 130 g/mol. The number of carbonyl (C=O) groups is 1. The van der Waals surface area contributed by atoms with Gasteiger partial charge in [-0.15, -0.1) is 0 Å². The van der Waals surface area contributed by atoms with Gasteiger partial charge in [-0.2, -0.15) is 4.73 Å². The van der Waals surface area contributed by atoms with Gasteiger partial charge >= 0.3 is 5.97 Å². The minimum Gasteiger partial charge on any atom is -0.337 e. The van der Waals surface area contributed by atoms with E-state index in [2.05, 4.69) is 0 Å². The molecule has 0 spiro atoms. The first kappa shape index (κ1) is 6.86. The molecule has 1 rings (SSSR count). The van der Waals surface area contributed by atoms with Gasteiger partial charge in [0.15, 0.2) is 0 Å². The maximum atomic E-state index is 10.6. The molecule has 1 aromatic rings. The highest BCUT2D eigenvalue weighted by Crippen LogP contribution is 1.87. The minimum atomic E-state index is -0.226. The Morgan fingerprint density at radius 2 is 2.10 bits per heavy atom. The van der Waals surface area contributed by atoms with Crippen molar-refractivity contribution in [3.8, 4) is 0 Å². The van der Waals surface area contributed by atoms with Crippen LogP contribution in [0.4, 0.5) is 0 Å². The monoisotopic (exact) mass is 139 g/mol. The summed E-state index contributed by atoms with van der Waals surface area (Å²) in [6.45, 7) is 1.76. The summed E-state index contributed by atoms with van der Waals surface area (Å²) in [5.41, 5.74) is 0. The quantitative estimate of drug-likeness (QED) is 0.608. The molecular formula is C7H9NO2. The Kier molecular flexibility index (Phi) is 2.10. The Bertz CT molecular complexity index is 203. The van der Waals surface area contributed by atoms with Crippen molar-refractivity contribution in [1.29, 1.82) is 0 Å². The number of aromatic nitrogens is 1. The van der Waals surface area contributed by atoms with Crippen molar-refractivity contribution in [2.45, 2.75) is 13.3 Å². The van der Waals surface area contributed by atoms with Crippen LogP contribution in [-0.4, -0.2) is 10.7 Å². The second kappa shape index (κ2) is 3.06. The summed E-state index contributed by atoms with van der Waals surface area (Å²) in [5.74, 6) is -0.226. The van der Waals surface area contributed by atoms with E-state index in [4.69, 9.17) is 4.84 Å². The first-order valence-corrected chi connectivity index (χ1v) is 3.17. The van der Waals surface area contributed by atoms with Crippen molar-refractivity contribution in [3.05, 3.63) is 24.5 Å². The highest BCUT2D eigenvalue weighted by atomic mass is 16.7. The fourth-order valence-electron chi connectivity index (χ4n) is 0.562. The van der Waals surface area contributed by atoms with E-state index in [1.807, 2.05) is 0 Å². The standard InChI is InChI=1S/C7H9NO2/c1-2-7(9)10-8-5-3-4-6-8/h3-6H,2H2,1H3. The molecule has 10 heavy (non-hydrogen) atoms. The average Bonchev–Trinajstić information content (AvgIpc) is 2.40. The molecule has 0 aliphatic carbocycles. The van der Waals surface area contributed by atoms with Crippen LogP contribution in [0.5, 0.6) is 0 Å². The molecule has 54 valence electrons. The first-order chi connectivity index (χ1) is 4.83. The van der Waals surface area contributed by atoms with Crippen LogP contribution < -0.4 is 4.84 Å². The van der Waals surface area contributed by atoms with Crippen LogP contribution in [-0.2, 0) is 4.79 Å². The van der Waals surface area contributed by atoms with E-state index in [-0.39, 0.29) is 5.97 Å². The van der Waals surface area contributed by atoms with Gasteiger partial charge in [0.25, 0.3) is 0 Å². The molecule has 0 bridgehead atoms. The first-order valence-electron chi connectivity index (χ1n) is 3.17. The van der Waals surface area contributed by atoms with Crippen LogP contribution in [0.15, 0.2) is 24.5 Å². The van der Waals surface area contributed by atoms with Crippen LogP contribution in [0.1, 0.15) is 13.3 Å². The fraction of sp³-hybridized carbons (Fsp3) is 0.286. The van der Waals surface area contributed by atoms with Crippen molar-refractivity contribution in [3.63, 3.8) is 0 Å². The van der Waals surface area contributed by atoms with E-state index in [1.54, 1.807) is 31.5 Å². The third-order valence-corrected chi connectivity index (χ3v) is 1.07. The molecule has 1 heterocycles. The summed E-state index contributed by atoms with van der Waals surface area (Å²) in [4.78, 5) is 15.4. The average molecular weight is 139 g/mol. The molecule has 0 aliphatic heterocycles. The predicted molar refractivity (Wildman–Crippen MR) is 36.3 cm³/mol. The maximum absolute atomic E-state index is 10.6. The molecule has 0 unspecified atom stereocenters. The van der Waals surface area contributed by atoms with Gasteiger partial charge in [0.2, 0.25) is 0 Å². The zero-order valence-corrected chi connectivity index (χ0v) is 5.78. The third-order valence-electron chi connectivity index (χ3n) is 1.07. The van der Waals surface area contributed by atoms with Crippen molar-refractivity contribution >= 4 is 5.97 Å². The topological polar surface area (TPSA) is 31.2 Å². The van der Waals surface area contributed by atoms with E-state index in [0.717, 1.165) is 0 Å². The van der Waals surface area contributed by atoms with Gasteiger partial charge in [0.1, 0.15) is 0 Å². The molecule has 0 radical (unpaired) electrons. The fourth-order valence-corrected chi connectivity index (χ4v) is 0.562. The molecule has 0 atom stereocenters. The zero-order valence-electron chi connectivity index (χ0n) is 5.78. The van der Waals surface area contributed by atoms with Crippen LogP contribution in [0, 0.1) is 0 Å². The summed E-state index contributed by atoms with van der Waals surface area (Å²) >= 11 is 0. The SMILES string of the molecule is CCC(=O)On1cccc1. The molecule has 0 fully saturated rings. The lowest BCUT2D eigenvalue weighted by atomic mass is 10.5. The lowest BCUT2D eigenvalue weighted by molar-refractivity contribution is -0.143. The van der Waals surface area contributed by atoms with E-state index in [1.165, 1.54) is 4.73 Å². The highest BCUT2D eigenvalue weighted by Gasteiger charge is 1.96. The number of hydrogen-bond acceptors (Lipinski definition) is 2. The molecule has 0 aromatic carbocycles. The highest BCUT2D eigenvalue weighted by molar-refractivity contribution is 5.69. The Labute approximate surface area is 59.2 Å². The molecule has 1 aromatic heterocycles. The second-order valence-electron chi connectivity index (χ2n) is 1.86. The van der Waals surface area contributed by atoms with Crippen molar-refractivity contribution < 1.29 is 9.63 Å². The maximum Gasteiger partial charge on any atom is 0.332 e. The smallest absolute Gasteiger partial charge is 0.332 e. The molecule has 3 heteroatoms. The van der Waals surface area contributed by atoms with Gasteiger partial charge in [-0.3, -0.25) is 0 Å². The Balaban J connectivity index is 2.48. The van der Waals surface area contributed by atoms with E-state index in [9.17, 15) is 4.79 Å². The molecule has 0 saturated heterocycles. The lowest BCUT2D eigenvalue weighted by Crippen LogP contribution is -2.16.